The van der Waals surface area contributed by atoms with Gasteiger partial charge >= 0.3 is 0 Å². The van der Waals surface area contributed by atoms with Crippen LogP contribution < -0.4 is 4.74 Å². The summed E-state index contributed by atoms with van der Waals surface area (Å²) in [6.45, 7) is 0.981. The molecule has 108 valence electrons. The molecule has 0 N–H and O–H groups in total. The zero-order valence-electron chi connectivity index (χ0n) is 12.0. The van der Waals surface area contributed by atoms with Crippen LogP contribution in [-0.4, -0.2) is 16.7 Å². The largest absolute Gasteiger partial charge is 0.497 e. The van der Waals surface area contributed by atoms with Crippen LogP contribution in [-0.2, 0) is 13.0 Å². The third-order valence-corrected chi connectivity index (χ3v) is 4.15. The molecular formula is C17H18N2OS. The number of hydrogen-bond donors (Lipinski definition) is 0. The van der Waals surface area contributed by atoms with Crippen LogP contribution in [0.25, 0.3) is 11.3 Å². The number of nitrogens with zero attached hydrogens (tertiary/aromatic N) is 2. The van der Waals surface area contributed by atoms with Crippen molar-refractivity contribution in [2.75, 3.05) is 7.11 Å². The third-order valence-electron chi connectivity index (χ3n) is 3.47. The van der Waals surface area contributed by atoms with Crippen LogP contribution in [0.1, 0.15) is 12.0 Å². The molecule has 0 aliphatic heterocycles. The normalized spacial score (nSPS) is 10.7. The van der Waals surface area contributed by atoms with Crippen LogP contribution in [0, 0.1) is 0 Å². The number of imidazole rings is 1. The van der Waals surface area contributed by atoms with E-state index in [1.54, 1.807) is 18.4 Å². The summed E-state index contributed by atoms with van der Waals surface area (Å²) in [4.78, 5) is 4.46. The van der Waals surface area contributed by atoms with Gasteiger partial charge in [-0.05, 0) is 42.0 Å². The summed E-state index contributed by atoms with van der Waals surface area (Å²) in [6, 6.07) is 10.4. The monoisotopic (exact) mass is 298 g/mol. The second-order valence-corrected chi connectivity index (χ2v) is 5.74. The first kappa shape index (κ1) is 13.9. The molecule has 0 aliphatic rings. The van der Waals surface area contributed by atoms with Crippen molar-refractivity contribution in [3.05, 3.63) is 59.2 Å². The van der Waals surface area contributed by atoms with Gasteiger partial charge in [0.2, 0.25) is 0 Å². The van der Waals surface area contributed by atoms with E-state index in [1.165, 1.54) is 11.1 Å². The van der Waals surface area contributed by atoms with Gasteiger partial charge in [0.05, 0.1) is 19.1 Å². The summed E-state index contributed by atoms with van der Waals surface area (Å²) in [7, 11) is 1.70. The molecule has 0 saturated carbocycles. The summed E-state index contributed by atoms with van der Waals surface area (Å²) in [5, 5.41) is 4.21. The van der Waals surface area contributed by atoms with E-state index < -0.39 is 0 Å². The lowest BCUT2D eigenvalue weighted by Crippen LogP contribution is -1.97. The van der Waals surface area contributed by atoms with Crippen molar-refractivity contribution in [3.8, 4) is 17.0 Å². The van der Waals surface area contributed by atoms with Crippen molar-refractivity contribution in [1.82, 2.24) is 9.55 Å². The van der Waals surface area contributed by atoms with Crippen molar-refractivity contribution < 1.29 is 4.74 Å². The highest BCUT2D eigenvalue weighted by atomic mass is 32.1. The molecule has 1 aromatic carbocycles. The number of hydrogen-bond acceptors (Lipinski definition) is 3. The quantitative estimate of drug-likeness (QED) is 0.680. The molecule has 3 nitrogen and oxygen atoms in total. The molecule has 4 heteroatoms. The number of benzene rings is 1. The Labute approximate surface area is 128 Å². The van der Waals surface area contributed by atoms with Gasteiger partial charge in [0, 0.05) is 23.7 Å². The number of rotatable bonds is 6. The Kier molecular flexibility index (Phi) is 4.36. The van der Waals surface area contributed by atoms with Crippen molar-refractivity contribution in [2.45, 2.75) is 19.4 Å². The standard InChI is InChI=1S/C17H18N2OS/c1-20-16-6-2-4-14(10-16)5-3-8-19-11-17(18-13-19)15-7-9-21-12-15/h2,4,6-7,9-13H,3,5,8H2,1H3. The predicted octanol–water partition coefficient (Wildman–Crippen LogP) is 4.25. The van der Waals surface area contributed by atoms with Crippen molar-refractivity contribution in [1.29, 1.82) is 0 Å². The second-order valence-electron chi connectivity index (χ2n) is 4.96. The Bertz CT molecular complexity index is 688. The summed E-state index contributed by atoms with van der Waals surface area (Å²) < 4.78 is 7.41. The van der Waals surface area contributed by atoms with Crippen molar-refractivity contribution >= 4 is 11.3 Å². The maximum atomic E-state index is 5.25. The molecule has 3 aromatic rings. The van der Waals surface area contributed by atoms with E-state index in [-0.39, 0.29) is 0 Å². The molecular weight excluding hydrogens is 280 g/mol. The van der Waals surface area contributed by atoms with Gasteiger partial charge in [-0.3, -0.25) is 0 Å². The molecule has 0 amide bonds. The number of aryl methyl sites for hydroxylation is 2. The van der Waals surface area contributed by atoms with E-state index in [1.807, 2.05) is 18.5 Å². The van der Waals surface area contributed by atoms with Crippen LogP contribution in [0.3, 0.4) is 0 Å². The van der Waals surface area contributed by atoms with E-state index in [0.717, 1.165) is 30.8 Å². The molecule has 0 aliphatic carbocycles. The fraction of sp³-hybridized carbons (Fsp3) is 0.235. The van der Waals surface area contributed by atoms with Gasteiger partial charge in [-0.25, -0.2) is 4.98 Å². The average molecular weight is 298 g/mol. The van der Waals surface area contributed by atoms with E-state index in [9.17, 15) is 0 Å². The van der Waals surface area contributed by atoms with Crippen LogP contribution in [0.4, 0.5) is 0 Å². The van der Waals surface area contributed by atoms with Gasteiger partial charge in [-0.2, -0.15) is 11.3 Å². The lowest BCUT2D eigenvalue weighted by atomic mass is 10.1. The van der Waals surface area contributed by atoms with E-state index >= 15 is 0 Å². The lowest BCUT2D eigenvalue weighted by Gasteiger charge is -2.05. The minimum absolute atomic E-state index is 0.926. The SMILES string of the molecule is COc1cccc(CCCn2cnc(-c3ccsc3)c2)c1. The molecule has 0 spiro atoms. The van der Waals surface area contributed by atoms with E-state index in [2.05, 4.69) is 44.7 Å². The predicted molar refractivity (Wildman–Crippen MR) is 86.9 cm³/mol. The minimum Gasteiger partial charge on any atom is -0.497 e. The summed E-state index contributed by atoms with van der Waals surface area (Å²) in [5.41, 5.74) is 3.57. The van der Waals surface area contributed by atoms with E-state index in [4.69, 9.17) is 4.74 Å². The fourth-order valence-corrected chi connectivity index (χ4v) is 2.99. The van der Waals surface area contributed by atoms with Crippen LogP contribution in [0.15, 0.2) is 53.6 Å². The van der Waals surface area contributed by atoms with Gasteiger partial charge in [-0.1, -0.05) is 12.1 Å². The minimum atomic E-state index is 0.926. The van der Waals surface area contributed by atoms with Gasteiger partial charge in [-0.15, -0.1) is 0 Å². The van der Waals surface area contributed by atoms with Crippen molar-refractivity contribution in [3.63, 3.8) is 0 Å². The Morgan fingerprint density at radius 1 is 1.29 bits per heavy atom. The number of ether oxygens (including phenoxy) is 1. The summed E-state index contributed by atoms with van der Waals surface area (Å²) in [6.07, 6.45) is 6.17. The van der Waals surface area contributed by atoms with Crippen LogP contribution in [0.2, 0.25) is 0 Å². The molecule has 0 saturated heterocycles. The van der Waals surface area contributed by atoms with Gasteiger partial charge < -0.3 is 9.30 Å². The highest BCUT2D eigenvalue weighted by molar-refractivity contribution is 7.08. The molecule has 3 rings (SSSR count). The van der Waals surface area contributed by atoms with E-state index in [0.29, 0.717) is 0 Å². The molecule has 0 fully saturated rings. The lowest BCUT2D eigenvalue weighted by molar-refractivity contribution is 0.414. The van der Waals surface area contributed by atoms with Gasteiger partial charge in [0.15, 0.2) is 0 Å². The molecule has 0 bridgehead atoms. The topological polar surface area (TPSA) is 27.1 Å². The van der Waals surface area contributed by atoms with Gasteiger partial charge in [0.25, 0.3) is 0 Å². The molecule has 2 heterocycles. The number of aromatic nitrogens is 2. The Morgan fingerprint density at radius 2 is 2.24 bits per heavy atom. The first-order chi connectivity index (χ1) is 10.3. The maximum absolute atomic E-state index is 5.25. The zero-order valence-corrected chi connectivity index (χ0v) is 12.8. The maximum Gasteiger partial charge on any atom is 0.119 e. The van der Waals surface area contributed by atoms with Gasteiger partial charge in [0.1, 0.15) is 5.75 Å². The number of thiophene rings is 1. The molecule has 0 radical (unpaired) electrons. The number of methoxy groups -OCH3 is 1. The summed E-state index contributed by atoms with van der Waals surface area (Å²) >= 11 is 1.70. The molecule has 2 aromatic heterocycles. The molecule has 0 atom stereocenters. The average Bonchev–Trinajstić information content (AvgIpc) is 3.18. The zero-order chi connectivity index (χ0) is 14.5. The third kappa shape index (κ3) is 3.52. The smallest absolute Gasteiger partial charge is 0.119 e. The Hall–Kier alpha value is -2.07. The first-order valence-corrected chi connectivity index (χ1v) is 7.97. The molecule has 0 unspecified atom stereocenters. The fourth-order valence-electron chi connectivity index (χ4n) is 2.34. The Balaban J connectivity index is 1.56. The highest BCUT2D eigenvalue weighted by Crippen LogP contribution is 2.20. The Morgan fingerprint density at radius 3 is 3.05 bits per heavy atom. The van der Waals surface area contributed by atoms with Crippen molar-refractivity contribution in [2.24, 2.45) is 0 Å². The van der Waals surface area contributed by atoms with Crippen LogP contribution in [0.5, 0.6) is 5.75 Å². The molecule has 21 heavy (non-hydrogen) atoms. The first-order valence-electron chi connectivity index (χ1n) is 7.02. The highest BCUT2D eigenvalue weighted by Gasteiger charge is 2.02. The second kappa shape index (κ2) is 6.59. The summed E-state index contributed by atoms with van der Waals surface area (Å²) in [5.74, 6) is 0.926. The van der Waals surface area contributed by atoms with Crippen LogP contribution >= 0.6 is 11.3 Å².